The number of para-hydroxylation sites is 1. The molecule has 1 amide bonds. The van der Waals surface area contributed by atoms with E-state index >= 15 is 0 Å². The molecule has 15 N–H and O–H groups in total. The van der Waals surface area contributed by atoms with Crippen molar-refractivity contribution in [2.75, 3.05) is 36.6 Å². The molecule has 3 aliphatic heterocycles. The van der Waals surface area contributed by atoms with Gasteiger partial charge in [-0.1, -0.05) is 18.2 Å². The lowest BCUT2D eigenvalue weighted by Gasteiger charge is -2.16. The highest BCUT2D eigenvalue weighted by molar-refractivity contribution is 7.80. The van der Waals surface area contributed by atoms with E-state index in [-0.39, 0.29) is 28.1 Å². The monoisotopic (exact) mass is 762 g/mol. The van der Waals surface area contributed by atoms with E-state index in [1.54, 1.807) is 7.05 Å². The fourth-order valence-electron chi connectivity index (χ4n) is 5.46. The summed E-state index contributed by atoms with van der Waals surface area (Å²) < 4.78 is 13.0. The number of rotatable bonds is 5. The van der Waals surface area contributed by atoms with Crippen LogP contribution in [0.5, 0.6) is 0 Å². The predicted octanol–water partition coefficient (Wildman–Crippen LogP) is -5.17. The number of imidazole rings is 1. The molecular formula is C29H38N12O11S. The predicted molar refractivity (Wildman–Crippen MR) is 189 cm³/mol. The maximum Gasteiger partial charge on any atom is 0.351 e. The Morgan fingerprint density at radius 3 is 2.09 bits per heavy atom. The second-order valence-corrected chi connectivity index (χ2v) is 11.8. The number of ether oxygens (including phenoxy) is 2. The first-order valence-corrected chi connectivity index (χ1v) is 15.7. The minimum atomic E-state index is -1.31. The summed E-state index contributed by atoms with van der Waals surface area (Å²) in [6.07, 6.45) is -4.69. The Hall–Kier alpha value is -5.28. The smallest absolute Gasteiger partial charge is 0.351 e. The van der Waals surface area contributed by atoms with Crippen LogP contribution in [-0.2, 0) is 14.3 Å². The molecule has 3 aliphatic rings. The molecule has 6 heterocycles. The van der Waals surface area contributed by atoms with E-state index in [4.69, 9.17) is 36.9 Å². The van der Waals surface area contributed by atoms with Crippen molar-refractivity contribution >= 4 is 57.4 Å². The van der Waals surface area contributed by atoms with Gasteiger partial charge in [-0.15, -0.1) is 0 Å². The van der Waals surface area contributed by atoms with Gasteiger partial charge in [0.2, 0.25) is 0 Å². The minimum Gasteiger partial charge on any atom is -0.412 e. The van der Waals surface area contributed by atoms with Crippen LogP contribution < -0.4 is 33.2 Å². The number of anilines is 3. The minimum absolute atomic E-state index is 0. The van der Waals surface area contributed by atoms with Crippen molar-refractivity contribution in [2.24, 2.45) is 10.8 Å². The van der Waals surface area contributed by atoms with Gasteiger partial charge in [0, 0.05) is 18.8 Å². The molecule has 53 heavy (non-hydrogen) atoms. The molecule has 7 rings (SSSR count). The maximum absolute atomic E-state index is 11.8. The third kappa shape index (κ3) is 8.20. The number of aliphatic hydroxyl groups excluding tert-OH is 6. The molecule has 2 saturated heterocycles. The molecule has 3 aromatic heterocycles. The Balaban J connectivity index is 0.000000177. The number of fused-ring (bicyclic) bond motifs is 2. The van der Waals surface area contributed by atoms with Crippen molar-refractivity contribution in [3.05, 3.63) is 65.2 Å². The standard InChI is InChI=1S/C10H13N5O4.C10H10N4OS.C9H13N3O5.H2O/c11-8-5-9(13-2-12-8)15(3-14-5)10-7(18)6(17)4(1-16)19-10;1-14-7-5-3-2-4-6(7)8(9(14)15)12-13-10(11)16;10-5-1-2-12(9(16)11-5)8-7(15)6(14)4(3-13)17-8;/h2-4,6-7,10,16-18H,1H2,(H2,11,12,13);2-5H,1H3,(H3,11,13,16);1-2,4,6-8,13-15H,3H2,(H2,10,11,16);1H2/b;12-8-;;/t4-,6-,7+,10-;;4-,6-,7+,8-;/m1.1./s1. The summed E-state index contributed by atoms with van der Waals surface area (Å²) in [5, 5.41) is 60.8. The first-order chi connectivity index (χ1) is 24.8. The van der Waals surface area contributed by atoms with Crippen LogP contribution in [0.4, 0.5) is 17.3 Å². The second-order valence-electron chi connectivity index (χ2n) is 11.4. The number of aromatic nitrogens is 6. The number of hydrogen-bond acceptors (Lipinski definition) is 18. The lowest BCUT2D eigenvalue weighted by Crippen LogP contribution is -2.36. The highest BCUT2D eigenvalue weighted by atomic mass is 32.1. The van der Waals surface area contributed by atoms with Gasteiger partial charge in [0.25, 0.3) is 5.91 Å². The zero-order valence-electron chi connectivity index (χ0n) is 27.7. The average molecular weight is 763 g/mol. The van der Waals surface area contributed by atoms with Gasteiger partial charge >= 0.3 is 5.69 Å². The highest BCUT2D eigenvalue weighted by Gasteiger charge is 2.45. The van der Waals surface area contributed by atoms with Crippen LogP contribution in [0.2, 0.25) is 0 Å². The van der Waals surface area contributed by atoms with E-state index in [0.29, 0.717) is 16.9 Å². The van der Waals surface area contributed by atoms with Crippen molar-refractivity contribution in [3.63, 3.8) is 0 Å². The molecule has 24 heteroatoms. The van der Waals surface area contributed by atoms with E-state index in [9.17, 15) is 30.0 Å². The number of amides is 1. The van der Waals surface area contributed by atoms with Crippen LogP contribution in [0.1, 0.15) is 18.0 Å². The van der Waals surface area contributed by atoms with Crippen LogP contribution in [0.3, 0.4) is 0 Å². The number of hydrazone groups is 1. The lowest BCUT2D eigenvalue weighted by molar-refractivity contribution is -0.112. The summed E-state index contributed by atoms with van der Waals surface area (Å²) in [4.78, 5) is 40.3. The number of carbonyl (C=O) groups is 1. The average Bonchev–Trinajstić information content (AvgIpc) is 3.83. The second kappa shape index (κ2) is 17.0. The van der Waals surface area contributed by atoms with Crippen LogP contribution in [0.15, 0.2) is 59.1 Å². The molecule has 0 aliphatic carbocycles. The zero-order chi connectivity index (χ0) is 37.9. The topological polar surface area (TPSA) is 373 Å². The quantitative estimate of drug-likeness (QED) is 0.0671. The Kier molecular flexibility index (Phi) is 13.0. The molecule has 0 spiro atoms. The highest BCUT2D eigenvalue weighted by Crippen LogP contribution is 2.32. The Morgan fingerprint density at radius 1 is 0.925 bits per heavy atom. The van der Waals surface area contributed by atoms with Crippen molar-refractivity contribution < 1.29 is 50.4 Å². The number of nitrogens with two attached hydrogens (primary N) is 3. The zero-order valence-corrected chi connectivity index (χ0v) is 28.5. The molecule has 23 nitrogen and oxygen atoms in total. The van der Waals surface area contributed by atoms with E-state index < -0.39 is 68.0 Å². The molecule has 0 saturated carbocycles. The normalized spacial score (nSPS) is 26.7. The van der Waals surface area contributed by atoms with E-state index in [2.05, 4.69) is 42.7 Å². The van der Waals surface area contributed by atoms with E-state index in [1.807, 2.05) is 24.3 Å². The maximum atomic E-state index is 11.8. The molecule has 2 fully saturated rings. The fourth-order valence-corrected chi connectivity index (χ4v) is 5.51. The number of nitrogens with zero attached hydrogens (tertiary/aromatic N) is 8. The molecule has 0 unspecified atom stereocenters. The number of carbonyl (C=O) groups excluding carboxylic acids is 1. The van der Waals surface area contributed by atoms with Crippen molar-refractivity contribution in [3.8, 4) is 0 Å². The molecule has 0 radical (unpaired) electrons. The molecule has 4 aromatic rings. The van der Waals surface area contributed by atoms with Gasteiger partial charge in [0.05, 0.1) is 25.2 Å². The largest absolute Gasteiger partial charge is 0.412 e. The van der Waals surface area contributed by atoms with E-state index in [1.165, 1.54) is 34.4 Å². The van der Waals surface area contributed by atoms with Crippen LogP contribution in [-0.4, -0.2) is 139 Å². The molecule has 1 aromatic carbocycles. The number of thiocarbonyl (C=S) groups is 1. The van der Waals surface area contributed by atoms with Crippen molar-refractivity contribution in [1.29, 1.82) is 0 Å². The summed E-state index contributed by atoms with van der Waals surface area (Å²) in [7, 11) is 1.70. The number of nitrogen functional groups attached to an aromatic ring is 2. The van der Waals surface area contributed by atoms with Gasteiger partial charge in [-0.05, 0) is 24.4 Å². The Labute approximate surface area is 303 Å². The summed E-state index contributed by atoms with van der Waals surface area (Å²) in [5.74, 6) is 0.0958. The van der Waals surface area contributed by atoms with Gasteiger partial charge in [-0.2, -0.15) is 10.1 Å². The van der Waals surface area contributed by atoms with Gasteiger partial charge in [-0.25, -0.2) is 19.7 Å². The van der Waals surface area contributed by atoms with Crippen LogP contribution >= 0.6 is 12.2 Å². The number of likely N-dealkylation sites (N-methyl/N-ethyl adjacent to an activating group) is 1. The third-order valence-corrected chi connectivity index (χ3v) is 8.22. The summed E-state index contributed by atoms with van der Waals surface area (Å²) in [6, 6.07) is 8.78. The van der Waals surface area contributed by atoms with Crippen LogP contribution in [0, 0.1) is 0 Å². The number of nitrogens with one attached hydrogen (secondary N) is 1. The van der Waals surface area contributed by atoms with E-state index in [0.717, 1.165) is 15.8 Å². The lowest BCUT2D eigenvalue weighted by atomic mass is 10.1. The Morgan fingerprint density at radius 2 is 1.53 bits per heavy atom. The third-order valence-electron chi connectivity index (χ3n) is 8.13. The molecule has 286 valence electrons. The van der Waals surface area contributed by atoms with Gasteiger partial charge in [0.1, 0.15) is 54.3 Å². The summed E-state index contributed by atoms with van der Waals surface area (Å²) in [5.41, 5.74) is 20.7. The summed E-state index contributed by atoms with van der Waals surface area (Å²) in [6.45, 7) is -0.843. The van der Waals surface area contributed by atoms with Gasteiger partial charge in [-0.3, -0.25) is 19.4 Å². The van der Waals surface area contributed by atoms with Crippen molar-refractivity contribution in [2.45, 2.75) is 49.1 Å². The first-order valence-electron chi connectivity index (χ1n) is 15.3. The number of aliphatic hydroxyl groups is 6. The molecular weight excluding hydrogens is 724 g/mol. The number of hydrogen-bond donors (Lipinski definition) is 10. The number of benzene rings is 1. The molecule has 0 bridgehead atoms. The van der Waals surface area contributed by atoms with Gasteiger partial charge in [0.15, 0.2) is 34.7 Å². The Bertz CT molecular complexity index is 2020. The fraction of sp³-hybridized carbons (Fsp3) is 0.379. The summed E-state index contributed by atoms with van der Waals surface area (Å²) >= 11 is 4.63. The molecule has 8 atom stereocenters. The van der Waals surface area contributed by atoms with Gasteiger partial charge < -0.3 is 67.7 Å². The first kappa shape index (κ1) is 40.5. The SMILES string of the molecule is CN1C(=O)/C(=N\NC(N)=S)c2ccccc21.Nc1ccn([C@@H]2O[C@H](CO)[C@@H](O)[C@@H]2O)c(=O)n1.Nc1ncnc2c1ncn2[C@@H]1O[C@H](CO)[C@@H](O)[C@@H]1O.O. The van der Waals surface area contributed by atoms with Crippen molar-refractivity contribution in [1.82, 2.24) is 34.5 Å². The van der Waals surface area contributed by atoms with Crippen LogP contribution in [0.25, 0.3) is 11.2 Å².